The van der Waals surface area contributed by atoms with E-state index in [9.17, 15) is 0 Å². The summed E-state index contributed by atoms with van der Waals surface area (Å²) in [6.45, 7) is 6.52. The lowest BCUT2D eigenvalue weighted by molar-refractivity contribution is 0.0798. The lowest BCUT2D eigenvalue weighted by atomic mass is 9.87. The molecular formula is C18H23N5O. The minimum absolute atomic E-state index is 0.165. The molecule has 2 aliphatic rings. The second kappa shape index (κ2) is 6.83. The maximum Gasteiger partial charge on any atom is 0.225 e. The molecule has 0 bridgehead atoms. The number of rotatable bonds is 3. The van der Waals surface area contributed by atoms with Gasteiger partial charge in [0.05, 0.1) is 13.2 Å². The van der Waals surface area contributed by atoms with Crippen molar-refractivity contribution in [1.82, 2.24) is 19.9 Å². The Bertz CT molecular complexity index is 653. The van der Waals surface area contributed by atoms with Crippen molar-refractivity contribution in [2.75, 3.05) is 44.3 Å². The van der Waals surface area contributed by atoms with Crippen molar-refractivity contribution < 1.29 is 4.74 Å². The van der Waals surface area contributed by atoms with Crippen LogP contribution in [0.4, 0.5) is 5.95 Å². The molecule has 2 saturated heterocycles. The maximum absolute atomic E-state index is 5.96. The molecule has 4 heterocycles. The molecule has 0 aliphatic carbocycles. The Hall–Kier alpha value is -2.05. The fraction of sp³-hybridized carbons (Fsp3) is 0.500. The van der Waals surface area contributed by atoms with Crippen molar-refractivity contribution in [1.29, 1.82) is 0 Å². The predicted molar refractivity (Wildman–Crippen MR) is 91.6 cm³/mol. The monoisotopic (exact) mass is 325 g/mol. The highest BCUT2D eigenvalue weighted by atomic mass is 16.5. The summed E-state index contributed by atoms with van der Waals surface area (Å²) in [4.78, 5) is 17.8. The fourth-order valence-electron chi connectivity index (χ4n) is 3.77. The van der Waals surface area contributed by atoms with Crippen LogP contribution in [0, 0.1) is 5.41 Å². The van der Waals surface area contributed by atoms with Gasteiger partial charge in [0.15, 0.2) is 0 Å². The van der Waals surface area contributed by atoms with E-state index in [1.165, 1.54) is 5.56 Å². The van der Waals surface area contributed by atoms with Gasteiger partial charge in [-0.1, -0.05) is 6.07 Å². The van der Waals surface area contributed by atoms with Crippen molar-refractivity contribution in [2.45, 2.75) is 13.0 Å². The van der Waals surface area contributed by atoms with E-state index in [1.54, 1.807) is 0 Å². The van der Waals surface area contributed by atoms with Crippen LogP contribution >= 0.6 is 0 Å². The number of ether oxygens (including phenoxy) is 1. The van der Waals surface area contributed by atoms with Crippen LogP contribution in [0.3, 0.4) is 0 Å². The molecule has 0 aromatic carbocycles. The quantitative estimate of drug-likeness (QED) is 0.854. The van der Waals surface area contributed by atoms with E-state index in [4.69, 9.17) is 4.74 Å². The molecule has 2 fully saturated rings. The first-order valence-corrected chi connectivity index (χ1v) is 8.54. The summed E-state index contributed by atoms with van der Waals surface area (Å²) in [5.41, 5.74) is 1.42. The molecular weight excluding hydrogens is 302 g/mol. The van der Waals surface area contributed by atoms with Crippen molar-refractivity contribution >= 4 is 5.95 Å². The Labute approximate surface area is 142 Å². The molecule has 0 saturated carbocycles. The van der Waals surface area contributed by atoms with Crippen LogP contribution in [0.15, 0.2) is 43.0 Å². The summed E-state index contributed by atoms with van der Waals surface area (Å²) in [5, 5.41) is 0. The van der Waals surface area contributed by atoms with Crippen LogP contribution in [0.1, 0.15) is 12.0 Å². The van der Waals surface area contributed by atoms with Gasteiger partial charge >= 0.3 is 0 Å². The molecule has 0 amide bonds. The third-order valence-electron chi connectivity index (χ3n) is 4.92. The van der Waals surface area contributed by atoms with E-state index in [0.29, 0.717) is 0 Å². The second-order valence-corrected chi connectivity index (χ2v) is 6.84. The van der Waals surface area contributed by atoms with Gasteiger partial charge in [0.1, 0.15) is 0 Å². The van der Waals surface area contributed by atoms with Crippen LogP contribution in [0.2, 0.25) is 0 Å². The summed E-state index contributed by atoms with van der Waals surface area (Å²) in [6, 6.07) is 6.01. The van der Waals surface area contributed by atoms with Crippen LogP contribution in [-0.2, 0) is 11.3 Å². The zero-order valence-corrected chi connectivity index (χ0v) is 13.8. The normalized spacial score (nSPS) is 25.1. The lowest BCUT2D eigenvalue weighted by Crippen LogP contribution is -2.40. The van der Waals surface area contributed by atoms with Gasteiger partial charge in [0.25, 0.3) is 0 Å². The molecule has 126 valence electrons. The standard InChI is InChI=1S/C18H23N5O/c1-3-16(11-19-5-1)12-22-9-10-24-15-18(13-22)4-8-23(14-18)17-20-6-2-7-21-17/h1-3,5-7,11H,4,8-10,12-15H2. The van der Waals surface area contributed by atoms with E-state index < -0.39 is 0 Å². The van der Waals surface area contributed by atoms with Gasteiger partial charge in [-0.2, -0.15) is 0 Å². The Morgan fingerprint density at radius 2 is 2.00 bits per heavy atom. The molecule has 4 rings (SSSR count). The molecule has 2 aliphatic heterocycles. The first-order chi connectivity index (χ1) is 11.8. The third kappa shape index (κ3) is 3.39. The smallest absolute Gasteiger partial charge is 0.225 e. The molecule has 2 aromatic rings. The summed E-state index contributed by atoms with van der Waals surface area (Å²) < 4.78 is 5.96. The molecule has 1 atom stereocenters. The van der Waals surface area contributed by atoms with Crippen molar-refractivity contribution in [2.24, 2.45) is 5.41 Å². The van der Waals surface area contributed by atoms with Crippen molar-refractivity contribution in [3.05, 3.63) is 48.5 Å². The van der Waals surface area contributed by atoms with Crippen LogP contribution in [0.25, 0.3) is 0 Å². The van der Waals surface area contributed by atoms with Crippen LogP contribution < -0.4 is 4.90 Å². The Kier molecular flexibility index (Phi) is 4.40. The molecule has 6 heteroatoms. The predicted octanol–water partition coefficient (Wildman–Crippen LogP) is 1.60. The largest absolute Gasteiger partial charge is 0.379 e. The topological polar surface area (TPSA) is 54.4 Å². The highest BCUT2D eigenvalue weighted by Gasteiger charge is 2.41. The number of hydrogen-bond acceptors (Lipinski definition) is 6. The van der Waals surface area contributed by atoms with Gasteiger partial charge < -0.3 is 9.64 Å². The minimum atomic E-state index is 0.165. The fourth-order valence-corrected chi connectivity index (χ4v) is 3.77. The molecule has 0 N–H and O–H groups in total. The number of pyridine rings is 1. The van der Waals surface area contributed by atoms with Gasteiger partial charge in [-0.3, -0.25) is 9.88 Å². The summed E-state index contributed by atoms with van der Waals surface area (Å²) >= 11 is 0. The Morgan fingerprint density at radius 1 is 1.08 bits per heavy atom. The summed E-state index contributed by atoms with van der Waals surface area (Å²) in [5.74, 6) is 0.831. The van der Waals surface area contributed by atoms with Gasteiger partial charge in [-0.25, -0.2) is 9.97 Å². The Morgan fingerprint density at radius 3 is 2.83 bits per heavy atom. The van der Waals surface area contributed by atoms with Gasteiger partial charge in [-0.05, 0) is 24.1 Å². The van der Waals surface area contributed by atoms with Crippen molar-refractivity contribution in [3.8, 4) is 0 Å². The maximum atomic E-state index is 5.96. The second-order valence-electron chi connectivity index (χ2n) is 6.84. The average Bonchev–Trinajstić information content (AvgIpc) is 2.94. The van der Waals surface area contributed by atoms with Gasteiger partial charge in [0.2, 0.25) is 5.95 Å². The number of aromatic nitrogens is 3. The minimum Gasteiger partial charge on any atom is -0.379 e. The van der Waals surface area contributed by atoms with E-state index in [1.807, 2.05) is 36.9 Å². The van der Waals surface area contributed by atoms with E-state index in [0.717, 1.165) is 58.3 Å². The third-order valence-corrected chi connectivity index (χ3v) is 4.92. The first kappa shape index (κ1) is 15.5. The van der Waals surface area contributed by atoms with Crippen LogP contribution in [0.5, 0.6) is 0 Å². The molecule has 24 heavy (non-hydrogen) atoms. The van der Waals surface area contributed by atoms with Crippen molar-refractivity contribution in [3.63, 3.8) is 0 Å². The first-order valence-electron chi connectivity index (χ1n) is 8.54. The zero-order chi connectivity index (χ0) is 16.2. The number of anilines is 1. The van der Waals surface area contributed by atoms with Gasteiger partial charge in [0, 0.05) is 62.9 Å². The van der Waals surface area contributed by atoms with E-state index >= 15 is 0 Å². The van der Waals surface area contributed by atoms with E-state index in [-0.39, 0.29) is 5.41 Å². The highest BCUT2D eigenvalue weighted by Crippen LogP contribution is 2.35. The Balaban J connectivity index is 1.46. The molecule has 1 unspecified atom stereocenters. The molecule has 0 radical (unpaired) electrons. The number of hydrogen-bond donors (Lipinski definition) is 0. The highest BCUT2D eigenvalue weighted by molar-refractivity contribution is 5.32. The van der Waals surface area contributed by atoms with Gasteiger partial charge in [-0.15, -0.1) is 0 Å². The average molecular weight is 325 g/mol. The summed E-state index contributed by atoms with van der Waals surface area (Å²) in [6.07, 6.45) is 8.52. The zero-order valence-electron chi connectivity index (χ0n) is 13.8. The lowest BCUT2D eigenvalue weighted by Gasteiger charge is -2.31. The molecule has 2 aromatic heterocycles. The van der Waals surface area contributed by atoms with Crippen LogP contribution in [-0.4, -0.2) is 59.2 Å². The molecule has 1 spiro atoms. The SMILES string of the molecule is c1cnc(N2CCC3(COCCN(Cc4cccnc4)C3)C2)nc1. The summed E-state index contributed by atoms with van der Waals surface area (Å²) in [7, 11) is 0. The number of nitrogens with zero attached hydrogens (tertiary/aromatic N) is 5. The van der Waals surface area contributed by atoms with E-state index in [2.05, 4.69) is 30.8 Å². The molecule has 6 nitrogen and oxygen atoms in total.